The second kappa shape index (κ2) is 66.3. The minimum Gasteiger partial charge on any atom is -0.462 e. The van der Waals surface area contributed by atoms with Crippen LogP contribution in [-0.2, 0) is 65.4 Å². The van der Waals surface area contributed by atoms with Crippen LogP contribution in [0.15, 0.2) is 0 Å². The van der Waals surface area contributed by atoms with E-state index in [-0.39, 0.29) is 25.7 Å². The lowest BCUT2D eigenvalue weighted by Gasteiger charge is -2.21. The first kappa shape index (κ1) is 90.1. The monoisotopic (exact) mass is 1350 g/mol. The van der Waals surface area contributed by atoms with Crippen LogP contribution in [0.1, 0.15) is 381 Å². The number of esters is 4. The Morgan fingerprint density at radius 3 is 0.739 bits per heavy atom. The van der Waals surface area contributed by atoms with E-state index < -0.39 is 97.5 Å². The highest BCUT2D eigenvalue weighted by molar-refractivity contribution is 7.47. The quantitative estimate of drug-likeness (QED) is 0.0222. The van der Waals surface area contributed by atoms with E-state index in [1.165, 1.54) is 193 Å². The van der Waals surface area contributed by atoms with Crippen molar-refractivity contribution >= 4 is 39.5 Å². The Balaban J connectivity index is 5.20. The summed E-state index contributed by atoms with van der Waals surface area (Å²) in [7, 11) is -9.90. The Labute approximate surface area is 562 Å². The number of aliphatic hydroxyl groups is 1. The number of hydrogen-bond donors (Lipinski definition) is 3. The molecular weight excluding hydrogens is 1210 g/mol. The molecule has 3 N–H and O–H groups in total. The lowest BCUT2D eigenvalue weighted by molar-refractivity contribution is -0.161. The molecule has 19 heteroatoms. The number of carbonyl (C=O) groups is 4. The van der Waals surface area contributed by atoms with Gasteiger partial charge in [-0.25, -0.2) is 9.13 Å². The van der Waals surface area contributed by atoms with Gasteiger partial charge >= 0.3 is 39.5 Å². The fraction of sp³-hybridized carbons (Fsp3) is 0.945. The van der Waals surface area contributed by atoms with E-state index in [2.05, 4.69) is 34.6 Å². The van der Waals surface area contributed by atoms with Crippen LogP contribution in [0.3, 0.4) is 0 Å². The zero-order valence-corrected chi connectivity index (χ0v) is 61.5. The number of phosphoric acid groups is 2. The zero-order chi connectivity index (χ0) is 67.7. The van der Waals surface area contributed by atoms with Crippen molar-refractivity contribution in [2.75, 3.05) is 39.6 Å². The van der Waals surface area contributed by atoms with Gasteiger partial charge in [-0.3, -0.25) is 37.3 Å². The van der Waals surface area contributed by atoms with E-state index in [0.29, 0.717) is 25.7 Å². The van der Waals surface area contributed by atoms with Crippen molar-refractivity contribution in [2.45, 2.75) is 400 Å². The Hall–Kier alpha value is -1.94. The predicted molar refractivity (Wildman–Crippen MR) is 372 cm³/mol. The van der Waals surface area contributed by atoms with Crippen molar-refractivity contribution < 1.29 is 80.2 Å². The van der Waals surface area contributed by atoms with Gasteiger partial charge in [0.25, 0.3) is 0 Å². The van der Waals surface area contributed by atoms with Crippen molar-refractivity contribution in [1.29, 1.82) is 0 Å². The van der Waals surface area contributed by atoms with E-state index >= 15 is 0 Å². The second-order valence-corrected chi connectivity index (χ2v) is 29.7. The van der Waals surface area contributed by atoms with E-state index in [9.17, 15) is 43.2 Å². The van der Waals surface area contributed by atoms with Gasteiger partial charge in [-0.05, 0) is 31.6 Å². The van der Waals surface area contributed by atoms with Crippen molar-refractivity contribution in [3.8, 4) is 0 Å². The molecule has 92 heavy (non-hydrogen) atoms. The number of aliphatic hydroxyl groups excluding tert-OH is 1. The van der Waals surface area contributed by atoms with Crippen molar-refractivity contribution in [2.24, 2.45) is 5.92 Å². The highest BCUT2D eigenvalue weighted by Gasteiger charge is 2.30. The molecule has 0 saturated carbocycles. The maximum absolute atomic E-state index is 13.1. The summed E-state index contributed by atoms with van der Waals surface area (Å²) >= 11 is 0. The highest BCUT2D eigenvalue weighted by atomic mass is 31.2. The largest absolute Gasteiger partial charge is 0.472 e. The van der Waals surface area contributed by atoms with E-state index in [1.807, 2.05) is 0 Å². The Morgan fingerprint density at radius 1 is 0.293 bits per heavy atom. The summed E-state index contributed by atoms with van der Waals surface area (Å²) < 4.78 is 68.3. The van der Waals surface area contributed by atoms with Crippen LogP contribution in [0.4, 0.5) is 0 Å². The number of ether oxygens (including phenoxy) is 4. The van der Waals surface area contributed by atoms with Gasteiger partial charge in [-0.1, -0.05) is 330 Å². The standard InChI is InChI=1S/C73H142O17P2/c1-6-9-12-15-18-20-22-24-26-30-33-37-42-47-52-57-71(76)84-63-69(90-73(78)59-54-49-44-39-35-31-27-28-32-36-41-45-50-55-66(4)5)65-88-92(81,82)86-61-67(74)60-85-91(79,80)87-64-68(62-83-70(75)56-51-46-40-17-14-11-8-3)89-72(77)58-53-48-43-38-34-29-25-23-21-19-16-13-10-7-2/h66-69,74H,6-65H2,1-5H3,(H,79,80)(H,81,82)/t67-,68+,69+/m0/s1. The fourth-order valence-corrected chi connectivity index (χ4v) is 12.8. The van der Waals surface area contributed by atoms with E-state index in [0.717, 1.165) is 109 Å². The maximum atomic E-state index is 13.1. The van der Waals surface area contributed by atoms with E-state index in [1.54, 1.807) is 0 Å². The zero-order valence-electron chi connectivity index (χ0n) is 59.7. The summed E-state index contributed by atoms with van der Waals surface area (Å²) in [6.45, 7) is 7.26. The summed E-state index contributed by atoms with van der Waals surface area (Å²) in [5.41, 5.74) is 0. The third kappa shape index (κ3) is 66.7. The minimum absolute atomic E-state index is 0.108. The van der Waals surface area contributed by atoms with Crippen molar-refractivity contribution in [3.05, 3.63) is 0 Å². The molecule has 0 radical (unpaired) electrons. The molecule has 0 aromatic carbocycles. The molecule has 2 unspecified atom stereocenters. The van der Waals surface area contributed by atoms with Crippen molar-refractivity contribution in [3.63, 3.8) is 0 Å². The molecular formula is C73H142O17P2. The minimum atomic E-state index is -4.95. The molecule has 0 fully saturated rings. The van der Waals surface area contributed by atoms with Gasteiger partial charge < -0.3 is 33.8 Å². The molecule has 0 aliphatic carbocycles. The van der Waals surface area contributed by atoms with Crippen LogP contribution < -0.4 is 0 Å². The molecule has 0 heterocycles. The van der Waals surface area contributed by atoms with Gasteiger partial charge in [0.15, 0.2) is 12.2 Å². The Kier molecular flexibility index (Phi) is 64.9. The molecule has 546 valence electrons. The summed E-state index contributed by atoms with van der Waals surface area (Å²) in [4.78, 5) is 72.6. The summed E-state index contributed by atoms with van der Waals surface area (Å²) in [6, 6.07) is 0. The number of hydrogen-bond acceptors (Lipinski definition) is 15. The first-order chi connectivity index (χ1) is 44.5. The van der Waals surface area contributed by atoms with Crippen LogP contribution in [0.2, 0.25) is 0 Å². The molecule has 17 nitrogen and oxygen atoms in total. The Morgan fingerprint density at radius 2 is 0.500 bits per heavy atom. The summed E-state index contributed by atoms with van der Waals surface area (Å²) in [5, 5.41) is 10.6. The van der Waals surface area contributed by atoms with Gasteiger partial charge in [0.1, 0.15) is 19.3 Å². The smallest absolute Gasteiger partial charge is 0.462 e. The first-order valence-corrected chi connectivity index (χ1v) is 41.1. The molecule has 0 bridgehead atoms. The molecule has 0 aromatic heterocycles. The third-order valence-corrected chi connectivity index (χ3v) is 18.9. The number of unbranched alkanes of at least 4 members (excludes halogenated alkanes) is 45. The van der Waals surface area contributed by atoms with Gasteiger partial charge in [0, 0.05) is 25.7 Å². The summed E-state index contributed by atoms with van der Waals surface area (Å²) in [6.07, 6.45) is 54.1. The molecule has 0 saturated heterocycles. The topological polar surface area (TPSA) is 237 Å². The normalized spacial score (nSPS) is 14.0. The highest BCUT2D eigenvalue weighted by Crippen LogP contribution is 2.45. The molecule has 0 aliphatic rings. The SMILES string of the molecule is CCCCCCCCCCCCCCCCCC(=O)OC[C@H](COP(=O)(O)OC[C@@H](O)COP(=O)(O)OC[C@@H](COC(=O)CCCCCCCCC)OC(=O)CCCCCCCCCCCCCCCC)OC(=O)CCCCCCCCCCCCCCCC(C)C. The average molecular weight is 1350 g/mol. The van der Waals surface area contributed by atoms with Crippen LogP contribution in [0.25, 0.3) is 0 Å². The fourth-order valence-electron chi connectivity index (χ4n) is 11.2. The van der Waals surface area contributed by atoms with Gasteiger partial charge in [0.2, 0.25) is 0 Å². The second-order valence-electron chi connectivity index (χ2n) is 26.8. The molecule has 0 aromatic rings. The lowest BCUT2D eigenvalue weighted by atomic mass is 10.0. The van der Waals surface area contributed by atoms with Crippen LogP contribution in [0.5, 0.6) is 0 Å². The third-order valence-electron chi connectivity index (χ3n) is 17.0. The van der Waals surface area contributed by atoms with Crippen LogP contribution in [-0.4, -0.2) is 96.7 Å². The van der Waals surface area contributed by atoms with E-state index in [4.69, 9.17) is 37.0 Å². The van der Waals surface area contributed by atoms with Gasteiger partial charge in [-0.15, -0.1) is 0 Å². The number of rotatable bonds is 73. The van der Waals surface area contributed by atoms with Crippen LogP contribution >= 0.6 is 15.6 Å². The van der Waals surface area contributed by atoms with Gasteiger partial charge in [0.05, 0.1) is 26.4 Å². The predicted octanol–water partition coefficient (Wildman–Crippen LogP) is 21.3. The van der Waals surface area contributed by atoms with Crippen LogP contribution in [0, 0.1) is 5.92 Å². The van der Waals surface area contributed by atoms with Crippen molar-refractivity contribution in [1.82, 2.24) is 0 Å². The Bertz CT molecular complexity index is 1770. The molecule has 5 atom stereocenters. The maximum Gasteiger partial charge on any atom is 0.472 e. The molecule has 0 amide bonds. The number of carbonyl (C=O) groups excluding carboxylic acids is 4. The number of phosphoric ester groups is 2. The first-order valence-electron chi connectivity index (χ1n) is 38.1. The lowest BCUT2D eigenvalue weighted by Crippen LogP contribution is -2.30. The molecule has 0 rings (SSSR count). The van der Waals surface area contributed by atoms with Gasteiger partial charge in [-0.2, -0.15) is 0 Å². The molecule has 0 spiro atoms. The summed E-state index contributed by atoms with van der Waals surface area (Å²) in [5.74, 6) is -1.33. The average Bonchev–Trinajstić information content (AvgIpc) is 3.26. The molecule has 0 aliphatic heterocycles.